The molecule has 0 radical (unpaired) electrons. The molecule has 1 atom stereocenters. The molecule has 1 unspecified atom stereocenters. The highest BCUT2D eigenvalue weighted by atomic mass is 79.9. The van der Waals surface area contributed by atoms with Gasteiger partial charge >= 0.3 is 5.97 Å². The number of carbonyl (C=O) groups is 2. The van der Waals surface area contributed by atoms with Crippen LogP contribution in [-0.4, -0.2) is 41.1 Å². The van der Waals surface area contributed by atoms with Crippen LogP contribution in [0.5, 0.6) is 5.75 Å². The van der Waals surface area contributed by atoms with Crippen LogP contribution in [0.25, 0.3) is 0 Å². The number of carboxylic acid groups (broad SMARTS) is 1. The van der Waals surface area contributed by atoms with Gasteiger partial charge < -0.3 is 14.7 Å². The van der Waals surface area contributed by atoms with Gasteiger partial charge in [-0.3, -0.25) is 9.59 Å². The summed E-state index contributed by atoms with van der Waals surface area (Å²) in [5.41, 5.74) is -0.362. The summed E-state index contributed by atoms with van der Waals surface area (Å²) in [6, 6.07) is 5.23. The molecular weight excluding hydrogens is 350 g/mol. The van der Waals surface area contributed by atoms with Crippen molar-refractivity contribution < 1.29 is 19.4 Å². The number of likely N-dealkylation sites (tertiary alicyclic amines) is 1. The molecule has 22 heavy (non-hydrogen) atoms. The average molecular weight is 370 g/mol. The summed E-state index contributed by atoms with van der Waals surface area (Å²) in [4.78, 5) is 25.5. The Balaban J connectivity index is 2.20. The molecule has 5 nitrogen and oxygen atoms in total. The normalized spacial score (nSPS) is 21.2. The first-order valence-corrected chi connectivity index (χ1v) is 8.00. The highest BCUT2D eigenvalue weighted by Gasteiger charge is 2.42. The second-order valence-electron chi connectivity index (χ2n) is 6.18. The van der Waals surface area contributed by atoms with Crippen molar-refractivity contribution in [3.63, 3.8) is 0 Å². The van der Waals surface area contributed by atoms with Crippen LogP contribution >= 0.6 is 15.9 Å². The Morgan fingerprint density at radius 1 is 1.36 bits per heavy atom. The number of nitrogens with zero attached hydrogens (tertiary/aromatic N) is 1. The molecule has 1 N–H and O–H groups in total. The lowest BCUT2D eigenvalue weighted by Crippen LogP contribution is -2.34. The number of benzene rings is 1. The third kappa shape index (κ3) is 3.61. The van der Waals surface area contributed by atoms with Gasteiger partial charge in [-0.25, -0.2) is 0 Å². The lowest BCUT2D eigenvalue weighted by molar-refractivity contribution is -0.147. The lowest BCUT2D eigenvalue weighted by atomic mass is 9.90. The van der Waals surface area contributed by atoms with Crippen molar-refractivity contribution in [1.29, 1.82) is 0 Å². The zero-order chi connectivity index (χ0) is 16.5. The fourth-order valence-electron chi connectivity index (χ4n) is 2.52. The maximum atomic E-state index is 12.6. The van der Waals surface area contributed by atoms with E-state index in [-0.39, 0.29) is 18.6 Å². The third-order valence-corrected chi connectivity index (χ3v) is 4.22. The molecule has 0 bridgehead atoms. The van der Waals surface area contributed by atoms with Crippen molar-refractivity contribution in [2.75, 3.05) is 13.1 Å². The van der Waals surface area contributed by atoms with E-state index in [1.54, 1.807) is 24.0 Å². The van der Waals surface area contributed by atoms with Crippen LogP contribution in [0.15, 0.2) is 22.7 Å². The van der Waals surface area contributed by atoms with Gasteiger partial charge in [0.25, 0.3) is 5.91 Å². The number of hydrogen-bond acceptors (Lipinski definition) is 3. The van der Waals surface area contributed by atoms with Gasteiger partial charge in [0.2, 0.25) is 0 Å². The predicted molar refractivity (Wildman–Crippen MR) is 86.2 cm³/mol. The van der Waals surface area contributed by atoms with Crippen LogP contribution in [0, 0.1) is 5.41 Å². The van der Waals surface area contributed by atoms with Crippen molar-refractivity contribution in [2.24, 2.45) is 5.41 Å². The highest BCUT2D eigenvalue weighted by molar-refractivity contribution is 9.10. The van der Waals surface area contributed by atoms with Crippen LogP contribution in [0.1, 0.15) is 37.6 Å². The zero-order valence-electron chi connectivity index (χ0n) is 12.9. The smallest absolute Gasteiger partial charge is 0.311 e. The number of ether oxygens (including phenoxy) is 1. The lowest BCUT2D eigenvalue weighted by Gasteiger charge is -2.20. The van der Waals surface area contributed by atoms with Crippen molar-refractivity contribution in [3.8, 4) is 5.75 Å². The number of rotatable bonds is 4. The monoisotopic (exact) mass is 369 g/mol. The number of halogens is 1. The molecule has 1 aromatic rings. The Labute approximate surface area is 138 Å². The molecule has 0 saturated carbocycles. The van der Waals surface area contributed by atoms with E-state index in [2.05, 4.69) is 15.9 Å². The summed E-state index contributed by atoms with van der Waals surface area (Å²) in [5.74, 6) is -0.409. The molecule has 1 aromatic carbocycles. The summed E-state index contributed by atoms with van der Waals surface area (Å²) < 4.78 is 6.39. The minimum Gasteiger partial charge on any atom is -0.491 e. The standard InChI is InChI=1S/C16H20BrNO4/c1-10(2)22-13-7-11(6-12(17)8-13)14(19)18-5-4-16(3,9-18)15(20)21/h6-8,10H,4-5,9H2,1-3H3,(H,20,21). The average Bonchev–Trinajstić information content (AvgIpc) is 2.80. The van der Waals surface area contributed by atoms with E-state index in [0.717, 1.165) is 4.47 Å². The largest absolute Gasteiger partial charge is 0.491 e. The highest BCUT2D eigenvalue weighted by Crippen LogP contribution is 2.32. The van der Waals surface area contributed by atoms with Gasteiger partial charge in [0.15, 0.2) is 0 Å². The second kappa shape index (κ2) is 6.28. The third-order valence-electron chi connectivity index (χ3n) is 3.77. The summed E-state index contributed by atoms with van der Waals surface area (Å²) in [6.45, 7) is 6.20. The second-order valence-corrected chi connectivity index (χ2v) is 7.10. The van der Waals surface area contributed by atoms with Crippen LogP contribution < -0.4 is 4.74 Å². The molecule has 6 heteroatoms. The van der Waals surface area contributed by atoms with Gasteiger partial charge in [0.05, 0.1) is 11.5 Å². The number of amides is 1. The van der Waals surface area contributed by atoms with Gasteiger partial charge in [0.1, 0.15) is 5.75 Å². The molecule has 120 valence electrons. The predicted octanol–water partition coefficient (Wildman–Crippen LogP) is 3.17. The molecule has 1 fully saturated rings. The first-order valence-electron chi connectivity index (χ1n) is 7.21. The van der Waals surface area contributed by atoms with Crippen LogP contribution in [0.2, 0.25) is 0 Å². The molecule has 1 amide bonds. The summed E-state index contributed by atoms with van der Waals surface area (Å²) >= 11 is 3.38. The molecule has 0 aliphatic carbocycles. The van der Waals surface area contributed by atoms with Crippen LogP contribution in [0.3, 0.4) is 0 Å². The Kier molecular flexibility index (Phi) is 4.80. The van der Waals surface area contributed by atoms with E-state index in [1.165, 1.54) is 0 Å². The first kappa shape index (κ1) is 16.8. The van der Waals surface area contributed by atoms with Gasteiger partial charge in [-0.1, -0.05) is 15.9 Å². The zero-order valence-corrected chi connectivity index (χ0v) is 14.5. The van der Waals surface area contributed by atoms with Gasteiger partial charge in [-0.05, 0) is 45.4 Å². The Bertz CT molecular complexity index is 602. The molecule has 1 aliphatic rings. The Morgan fingerprint density at radius 2 is 2.05 bits per heavy atom. The Hall–Kier alpha value is -1.56. The van der Waals surface area contributed by atoms with E-state index < -0.39 is 11.4 Å². The molecule has 1 saturated heterocycles. The molecule has 2 rings (SSSR count). The summed E-state index contributed by atoms with van der Waals surface area (Å²) in [6.07, 6.45) is 0.483. The van der Waals surface area contributed by atoms with Gasteiger partial charge in [-0.2, -0.15) is 0 Å². The fraction of sp³-hybridized carbons (Fsp3) is 0.500. The van der Waals surface area contributed by atoms with E-state index >= 15 is 0 Å². The number of aliphatic carboxylic acids is 1. The number of carbonyl (C=O) groups excluding carboxylic acids is 1. The first-order chi connectivity index (χ1) is 10.2. The topological polar surface area (TPSA) is 66.8 Å². The quantitative estimate of drug-likeness (QED) is 0.884. The number of hydrogen-bond donors (Lipinski definition) is 1. The van der Waals surface area contributed by atoms with Crippen LogP contribution in [0.4, 0.5) is 0 Å². The molecule has 1 aliphatic heterocycles. The van der Waals surface area contributed by atoms with E-state index in [1.807, 2.05) is 19.9 Å². The minimum absolute atomic E-state index is 0.0133. The van der Waals surface area contributed by atoms with Crippen molar-refractivity contribution in [1.82, 2.24) is 4.90 Å². The van der Waals surface area contributed by atoms with Crippen LogP contribution in [-0.2, 0) is 4.79 Å². The van der Waals surface area contributed by atoms with E-state index in [0.29, 0.717) is 24.3 Å². The SMILES string of the molecule is CC(C)Oc1cc(Br)cc(C(=O)N2CCC(C)(C(=O)O)C2)c1. The van der Waals surface area contributed by atoms with E-state index in [9.17, 15) is 14.7 Å². The molecule has 0 spiro atoms. The maximum absolute atomic E-state index is 12.6. The van der Waals surface area contributed by atoms with Gasteiger partial charge in [0, 0.05) is 23.1 Å². The van der Waals surface area contributed by atoms with Crippen molar-refractivity contribution in [3.05, 3.63) is 28.2 Å². The van der Waals surface area contributed by atoms with Gasteiger partial charge in [-0.15, -0.1) is 0 Å². The summed E-state index contributed by atoms with van der Waals surface area (Å²) in [7, 11) is 0. The molecular formula is C16H20BrNO4. The molecule has 0 aromatic heterocycles. The fourth-order valence-corrected chi connectivity index (χ4v) is 2.99. The maximum Gasteiger partial charge on any atom is 0.311 e. The summed E-state index contributed by atoms with van der Waals surface area (Å²) in [5, 5.41) is 9.26. The number of carboxylic acids is 1. The van der Waals surface area contributed by atoms with Crippen molar-refractivity contribution in [2.45, 2.75) is 33.3 Å². The van der Waals surface area contributed by atoms with E-state index in [4.69, 9.17) is 4.74 Å². The Morgan fingerprint density at radius 3 is 2.59 bits per heavy atom. The molecule has 1 heterocycles. The minimum atomic E-state index is -0.862. The van der Waals surface area contributed by atoms with Crippen molar-refractivity contribution >= 4 is 27.8 Å².